The van der Waals surface area contributed by atoms with Crippen LogP contribution in [0.15, 0.2) is 55.1 Å². The smallest absolute Gasteiger partial charge is 0.239 e. The number of halogens is 2. The minimum Gasteiger partial charge on any atom is -0.337 e. The van der Waals surface area contributed by atoms with Gasteiger partial charge in [-0.3, -0.25) is 9.69 Å². The summed E-state index contributed by atoms with van der Waals surface area (Å²) in [6.07, 6.45) is 10.2. The third-order valence-electron chi connectivity index (χ3n) is 6.91. The average Bonchev–Trinajstić information content (AvgIpc) is 3.58. The fourth-order valence-electron chi connectivity index (χ4n) is 5.23. The van der Waals surface area contributed by atoms with Gasteiger partial charge < -0.3 is 4.57 Å². The molecule has 2 aromatic heterocycles. The molecule has 1 saturated carbocycles. The molecule has 4 aromatic rings. The van der Waals surface area contributed by atoms with Crippen LogP contribution in [0.5, 0.6) is 0 Å². The highest BCUT2D eigenvalue weighted by Gasteiger charge is 2.45. The van der Waals surface area contributed by atoms with Crippen molar-refractivity contribution in [2.24, 2.45) is 0 Å². The van der Waals surface area contributed by atoms with Gasteiger partial charge in [-0.1, -0.05) is 54.0 Å². The molecule has 184 valence electrons. The zero-order valence-corrected chi connectivity index (χ0v) is 22.4. The normalized spacial score (nSPS) is 14.7. The second-order valence-corrected chi connectivity index (χ2v) is 10.7. The molecule has 1 aliphatic rings. The van der Waals surface area contributed by atoms with Gasteiger partial charge in [-0.2, -0.15) is 0 Å². The lowest BCUT2D eigenvalue weighted by Crippen LogP contribution is -2.46. The Morgan fingerprint density at radius 3 is 2.60 bits per heavy atom. The molecule has 8 heteroatoms. The number of benzene rings is 2. The van der Waals surface area contributed by atoms with Gasteiger partial charge in [-0.25, -0.2) is 9.97 Å². The summed E-state index contributed by atoms with van der Waals surface area (Å²) >= 11 is 7.81. The van der Waals surface area contributed by atoms with Gasteiger partial charge in [0.25, 0.3) is 0 Å². The minimum absolute atomic E-state index is 0. The van der Waals surface area contributed by atoms with E-state index in [-0.39, 0.29) is 18.3 Å². The second-order valence-electron chi connectivity index (χ2n) is 9.33. The Balaban J connectivity index is 0.00000289. The highest BCUT2D eigenvalue weighted by Crippen LogP contribution is 2.44. The molecule has 1 aliphatic carbocycles. The molecule has 1 fully saturated rings. The van der Waals surface area contributed by atoms with E-state index in [1.54, 1.807) is 17.5 Å². The first-order valence-corrected chi connectivity index (χ1v) is 13.1. The number of fused-ring (bicyclic) bond motifs is 1. The van der Waals surface area contributed by atoms with Crippen molar-refractivity contribution >= 4 is 56.6 Å². The summed E-state index contributed by atoms with van der Waals surface area (Å²) in [5, 5.41) is 1.48. The number of carbonyl (C=O) groups is 1. The van der Waals surface area contributed by atoms with Crippen molar-refractivity contribution in [2.45, 2.75) is 57.9 Å². The van der Waals surface area contributed by atoms with Crippen molar-refractivity contribution in [3.8, 4) is 0 Å². The number of hydrogen-bond acceptors (Lipinski definition) is 4. The summed E-state index contributed by atoms with van der Waals surface area (Å²) in [6.45, 7) is 5.63. The first kappa shape index (κ1) is 25.7. The fraction of sp³-hybridized carbons (Fsp3) is 0.370. The zero-order valence-electron chi connectivity index (χ0n) is 20.0. The first-order chi connectivity index (χ1) is 16.5. The topological polar surface area (TPSA) is 51.0 Å². The van der Waals surface area contributed by atoms with Crippen LogP contribution in [0.1, 0.15) is 48.8 Å². The van der Waals surface area contributed by atoms with Crippen molar-refractivity contribution in [3.63, 3.8) is 0 Å². The Labute approximate surface area is 221 Å². The summed E-state index contributed by atoms with van der Waals surface area (Å²) < 4.78 is 3.21. The predicted octanol–water partition coefficient (Wildman–Crippen LogP) is 7.12. The van der Waals surface area contributed by atoms with Crippen molar-refractivity contribution in [1.29, 1.82) is 0 Å². The molecule has 35 heavy (non-hydrogen) atoms. The van der Waals surface area contributed by atoms with Crippen molar-refractivity contribution < 1.29 is 4.79 Å². The molecule has 0 radical (unpaired) electrons. The van der Waals surface area contributed by atoms with Crippen LogP contribution >= 0.6 is 35.3 Å². The van der Waals surface area contributed by atoms with E-state index in [1.165, 1.54) is 11.1 Å². The highest BCUT2D eigenvalue weighted by atomic mass is 35.5. The summed E-state index contributed by atoms with van der Waals surface area (Å²) in [5.41, 5.74) is 3.90. The van der Waals surface area contributed by atoms with Crippen molar-refractivity contribution in [2.75, 3.05) is 11.4 Å². The monoisotopic (exact) mass is 528 g/mol. The van der Waals surface area contributed by atoms with Gasteiger partial charge in [0.2, 0.25) is 5.91 Å². The van der Waals surface area contributed by atoms with Crippen LogP contribution < -0.4 is 4.90 Å². The van der Waals surface area contributed by atoms with E-state index in [0.717, 1.165) is 59.6 Å². The Morgan fingerprint density at radius 2 is 1.91 bits per heavy atom. The number of thiazole rings is 1. The van der Waals surface area contributed by atoms with E-state index in [0.29, 0.717) is 11.6 Å². The van der Waals surface area contributed by atoms with Gasteiger partial charge in [-0.05, 0) is 68.0 Å². The van der Waals surface area contributed by atoms with Gasteiger partial charge in [0.1, 0.15) is 0 Å². The van der Waals surface area contributed by atoms with Crippen LogP contribution in [0, 0.1) is 13.8 Å². The predicted molar refractivity (Wildman–Crippen MR) is 147 cm³/mol. The standard InChI is InChI=1S/C27H29ClN4OS.ClH/c1-19-16-20(2)24-23(17-19)30-26(34-24)32(14-5-13-31-15-12-29-18-31)25(33)27(10-3-4-11-27)21-6-8-22(28)9-7-21;/h6-9,12,15-18H,3-5,10-11,13-14H2,1-2H3;1H. The molecule has 5 nitrogen and oxygen atoms in total. The van der Waals surface area contributed by atoms with Gasteiger partial charge in [0.05, 0.1) is 22.0 Å². The van der Waals surface area contributed by atoms with Crippen LogP contribution in [0.2, 0.25) is 5.02 Å². The minimum atomic E-state index is -0.525. The van der Waals surface area contributed by atoms with Gasteiger partial charge in [0, 0.05) is 30.5 Å². The summed E-state index contributed by atoms with van der Waals surface area (Å²) in [7, 11) is 0. The maximum Gasteiger partial charge on any atom is 0.239 e. The van der Waals surface area contributed by atoms with Crippen LogP contribution in [0.3, 0.4) is 0 Å². The number of hydrogen-bond donors (Lipinski definition) is 0. The number of carbonyl (C=O) groups excluding carboxylic acids is 1. The third-order valence-corrected chi connectivity index (χ3v) is 8.39. The molecule has 0 unspecified atom stereocenters. The fourth-order valence-corrected chi connectivity index (χ4v) is 6.39. The maximum absolute atomic E-state index is 14.4. The molecule has 0 aliphatic heterocycles. The number of anilines is 1. The molecule has 1 amide bonds. The zero-order chi connectivity index (χ0) is 23.7. The average molecular weight is 530 g/mol. The lowest BCUT2D eigenvalue weighted by atomic mass is 9.77. The van der Waals surface area contributed by atoms with Gasteiger partial charge >= 0.3 is 0 Å². The SMILES string of the molecule is Cc1cc(C)c2sc(N(CCCn3ccnc3)C(=O)C3(c4ccc(Cl)cc4)CCCC3)nc2c1.Cl. The molecule has 5 rings (SSSR count). The van der Waals surface area contributed by atoms with Crippen LogP contribution in [-0.4, -0.2) is 27.0 Å². The Kier molecular flexibility index (Phi) is 7.84. The third kappa shape index (κ3) is 5.11. The molecular formula is C27H30Cl2N4OS. The van der Waals surface area contributed by atoms with E-state index in [9.17, 15) is 4.79 Å². The van der Waals surface area contributed by atoms with E-state index in [1.807, 2.05) is 41.7 Å². The van der Waals surface area contributed by atoms with E-state index < -0.39 is 5.41 Å². The molecule has 2 heterocycles. The van der Waals surface area contributed by atoms with E-state index >= 15 is 0 Å². The van der Waals surface area contributed by atoms with Crippen LogP contribution in [-0.2, 0) is 16.8 Å². The first-order valence-electron chi connectivity index (χ1n) is 11.9. The Bertz CT molecular complexity index is 1290. The molecule has 0 spiro atoms. The number of aromatic nitrogens is 3. The molecular weight excluding hydrogens is 499 g/mol. The van der Waals surface area contributed by atoms with Crippen molar-refractivity contribution in [1.82, 2.24) is 14.5 Å². The van der Waals surface area contributed by atoms with E-state index in [2.05, 4.69) is 35.5 Å². The quantitative estimate of drug-likeness (QED) is 0.256. The molecule has 0 bridgehead atoms. The van der Waals surface area contributed by atoms with Crippen LogP contribution in [0.25, 0.3) is 10.2 Å². The number of aryl methyl sites for hydroxylation is 3. The molecule has 0 N–H and O–H groups in total. The summed E-state index contributed by atoms with van der Waals surface area (Å²) in [4.78, 5) is 25.5. The molecule has 2 aromatic carbocycles. The van der Waals surface area contributed by atoms with Gasteiger partial charge in [0.15, 0.2) is 5.13 Å². The number of amides is 1. The second kappa shape index (κ2) is 10.7. The lowest BCUT2D eigenvalue weighted by Gasteiger charge is -2.34. The maximum atomic E-state index is 14.4. The summed E-state index contributed by atoms with van der Waals surface area (Å²) in [6, 6.07) is 12.2. The molecule has 0 atom stereocenters. The highest BCUT2D eigenvalue weighted by molar-refractivity contribution is 7.22. The molecule has 0 saturated heterocycles. The lowest BCUT2D eigenvalue weighted by molar-refractivity contribution is -0.124. The van der Waals surface area contributed by atoms with Gasteiger partial charge in [-0.15, -0.1) is 12.4 Å². The Morgan fingerprint density at radius 1 is 1.17 bits per heavy atom. The van der Waals surface area contributed by atoms with E-state index in [4.69, 9.17) is 16.6 Å². The number of nitrogens with zero attached hydrogens (tertiary/aromatic N) is 4. The number of rotatable bonds is 7. The van der Waals surface area contributed by atoms with Crippen molar-refractivity contribution in [3.05, 3.63) is 76.8 Å². The van der Waals surface area contributed by atoms with Crippen LogP contribution in [0.4, 0.5) is 5.13 Å². The number of imidazole rings is 1. The Hall–Kier alpha value is -2.41. The summed E-state index contributed by atoms with van der Waals surface area (Å²) in [5.74, 6) is 0.159. The largest absolute Gasteiger partial charge is 0.337 e.